The van der Waals surface area contributed by atoms with E-state index in [0.29, 0.717) is 33.6 Å². The van der Waals surface area contributed by atoms with Crippen LogP contribution in [0.1, 0.15) is 6.92 Å². The lowest BCUT2D eigenvalue weighted by Crippen LogP contribution is -2.20. The third-order valence-electron chi connectivity index (χ3n) is 3.71. The Labute approximate surface area is 173 Å². The van der Waals surface area contributed by atoms with E-state index < -0.39 is 0 Å². The molecule has 0 spiro atoms. The number of carbonyl (C=O) groups excluding carboxylic acids is 2. The average molecular weight is 411 g/mol. The minimum atomic E-state index is -0.380. The normalized spacial score (nSPS) is 10.1. The SMILES string of the molecule is CC(=O)Nc1cccc(OCC(=O)Nc2cc(Cl)ccc2Oc2ccccc2)c1. The fraction of sp³-hybridized carbons (Fsp3) is 0.0909. The number of carbonyl (C=O) groups is 2. The van der Waals surface area contributed by atoms with E-state index in [-0.39, 0.29) is 18.4 Å². The molecule has 0 aromatic heterocycles. The minimum Gasteiger partial charge on any atom is -0.484 e. The van der Waals surface area contributed by atoms with Crippen LogP contribution in [0.15, 0.2) is 72.8 Å². The smallest absolute Gasteiger partial charge is 0.262 e. The summed E-state index contributed by atoms with van der Waals surface area (Å²) in [7, 11) is 0. The van der Waals surface area contributed by atoms with Gasteiger partial charge in [0.25, 0.3) is 5.91 Å². The lowest BCUT2D eigenvalue weighted by molar-refractivity contribution is -0.118. The maximum atomic E-state index is 12.4. The van der Waals surface area contributed by atoms with Crippen molar-refractivity contribution in [2.75, 3.05) is 17.2 Å². The quantitative estimate of drug-likeness (QED) is 0.567. The monoisotopic (exact) mass is 410 g/mol. The molecule has 0 fully saturated rings. The highest BCUT2D eigenvalue weighted by Crippen LogP contribution is 2.32. The van der Waals surface area contributed by atoms with Gasteiger partial charge < -0.3 is 20.1 Å². The Kier molecular flexibility index (Phi) is 6.71. The lowest BCUT2D eigenvalue weighted by Gasteiger charge is -2.13. The molecule has 2 N–H and O–H groups in total. The van der Waals surface area contributed by atoms with E-state index in [1.54, 1.807) is 42.5 Å². The molecule has 3 rings (SSSR count). The average Bonchev–Trinajstić information content (AvgIpc) is 2.69. The zero-order chi connectivity index (χ0) is 20.6. The van der Waals surface area contributed by atoms with Gasteiger partial charge in [0.1, 0.15) is 11.5 Å². The second kappa shape index (κ2) is 9.61. The van der Waals surface area contributed by atoms with Crippen LogP contribution in [0, 0.1) is 0 Å². The first-order chi connectivity index (χ1) is 14.0. The van der Waals surface area contributed by atoms with Gasteiger partial charge in [-0.1, -0.05) is 35.9 Å². The van der Waals surface area contributed by atoms with Crippen molar-refractivity contribution < 1.29 is 19.1 Å². The number of nitrogens with one attached hydrogen (secondary N) is 2. The molecule has 0 saturated heterocycles. The van der Waals surface area contributed by atoms with Gasteiger partial charge in [-0.3, -0.25) is 9.59 Å². The van der Waals surface area contributed by atoms with Crippen molar-refractivity contribution in [3.63, 3.8) is 0 Å². The van der Waals surface area contributed by atoms with Crippen LogP contribution < -0.4 is 20.1 Å². The number of ether oxygens (including phenoxy) is 2. The molecule has 0 atom stereocenters. The van der Waals surface area contributed by atoms with Gasteiger partial charge in [0, 0.05) is 23.7 Å². The number of rotatable bonds is 7. The molecule has 6 nitrogen and oxygen atoms in total. The van der Waals surface area contributed by atoms with E-state index in [4.69, 9.17) is 21.1 Å². The molecule has 0 heterocycles. The van der Waals surface area contributed by atoms with E-state index in [0.717, 1.165) is 0 Å². The van der Waals surface area contributed by atoms with Crippen molar-refractivity contribution in [2.45, 2.75) is 6.92 Å². The number of amides is 2. The van der Waals surface area contributed by atoms with Gasteiger partial charge in [-0.25, -0.2) is 0 Å². The summed E-state index contributed by atoms with van der Waals surface area (Å²) < 4.78 is 11.3. The third-order valence-corrected chi connectivity index (χ3v) is 3.95. The lowest BCUT2D eigenvalue weighted by atomic mass is 10.2. The van der Waals surface area contributed by atoms with Crippen molar-refractivity contribution in [2.24, 2.45) is 0 Å². The van der Waals surface area contributed by atoms with Crippen LogP contribution in [0.4, 0.5) is 11.4 Å². The Morgan fingerprint density at radius 2 is 1.66 bits per heavy atom. The number of para-hydroxylation sites is 1. The summed E-state index contributed by atoms with van der Waals surface area (Å²) in [6, 6.07) is 21.0. The molecule has 29 heavy (non-hydrogen) atoms. The van der Waals surface area contributed by atoms with Crippen LogP contribution in [0.25, 0.3) is 0 Å². The standard InChI is InChI=1S/C22H19ClN2O4/c1-15(26)24-17-6-5-9-19(13-17)28-14-22(27)25-20-12-16(23)10-11-21(20)29-18-7-3-2-4-8-18/h2-13H,14H2,1H3,(H,24,26)(H,25,27). The number of hydrogen-bond acceptors (Lipinski definition) is 4. The van der Waals surface area contributed by atoms with E-state index >= 15 is 0 Å². The third kappa shape index (κ3) is 6.26. The molecule has 0 unspecified atom stereocenters. The molecule has 148 valence electrons. The number of anilines is 2. The summed E-state index contributed by atoms with van der Waals surface area (Å²) in [6.07, 6.45) is 0. The first kappa shape index (κ1) is 20.2. The van der Waals surface area contributed by atoms with Crippen molar-refractivity contribution >= 4 is 34.8 Å². The Morgan fingerprint density at radius 3 is 2.41 bits per heavy atom. The van der Waals surface area contributed by atoms with E-state index in [2.05, 4.69) is 10.6 Å². The van der Waals surface area contributed by atoms with Gasteiger partial charge in [-0.05, 0) is 42.5 Å². The highest BCUT2D eigenvalue weighted by molar-refractivity contribution is 6.31. The van der Waals surface area contributed by atoms with Crippen LogP contribution in [-0.2, 0) is 9.59 Å². The summed E-state index contributed by atoms with van der Waals surface area (Å²) in [6.45, 7) is 1.20. The minimum absolute atomic E-state index is 0.188. The number of hydrogen-bond donors (Lipinski definition) is 2. The van der Waals surface area contributed by atoms with Crippen LogP contribution in [0.5, 0.6) is 17.2 Å². The summed E-state index contributed by atoms with van der Waals surface area (Å²) >= 11 is 6.06. The molecule has 0 aliphatic heterocycles. The Balaban J connectivity index is 1.64. The molecule has 2 amide bonds. The number of benzene rings is 3. The summed E-state index contributed by atoms with van der Waals surface area (Å²) in [5.74, 6) is 0.984. The zero-order valence-corrected chi connectivity index (χ0v) is 16.4. The van der Waals surface area contributed by atoms with Crippen molar-refractivity contribution in [1.82, 2.24) is 0 Å². The van der Waals surface area contributed by atoms with Crippen molar-refractivity contribution in [3.05, 3.63) is 77.8 Å². The molecule has 0 radical (unpaired) electrons. The van der Waals surface area contributed by atoms with Gasteiger partial charge >= 0.3 is 0 Å². The molecule has 0 bridgehead atoms. The molecule has 3 aromatic rings. The van der Waals surface area contributed by atoms with Crippen LogP contribution >= 0.6 is 11.6 Å². The maximum absolute atomic E-state index is 12.4. The highest BCUT2D eigenvalue weighted by atomic mass is 35.5. The van der Waals surface area contributed by atoms with Crippen molar-refractivity contribution in [1.29, 1.82) is 0 Å². The molecule has 3 aromatic carbocycles. The second-order valence-corrected chi connectivity index (χ2v) is 6.54. The predicted octanol–water partition coefficient (Wildman–Crippen LogP) is 5.11. The molecule has 0 aliphatic carbocycles. The first-order valence-corrected chi connectivity index (χ1v) is 9.20. The summed E-state index contributed by atoms with van der Waals surface area (Å²) in [5.41, 5.74) is 1.02. The highest BCUT2D eigenvalue weighted by Gasteiger charge is 2.11. The van der Waals surface area contributed by atoms with Gasteiger partial charge in [0.05, 0.1) is 5.69 Å². The van der Waals surface area contributed by atoms with E-state index in [1.807, 2.05) is 30.3 Å². The Morgan fingerprint density at radius 1 is 0.897 bits per heavy atom. The fourth-order valence-corrected chi connectivity index (χ4v) is 2.68. The topological polar surface area (TPSA) is 76.7 Å². The van der Waals surface area contributed by atoms with Crippen molar-refractivity contribution in [3.8, 4) is 17.2 Å². The van der Waals surface area contributed by atoms with Crippen LogP contribution in [0.2, 0.25) is 5.02 Å². The molecular formula is C22H19ClN2O4. The first-order valence-electron chi connectivity index (χ1n) is 8.82. The molecule has 7 heteroatoms. The fourth-order valence-electron chi connectivity index (χ4n) is 2.51. The largest absolute Gasteiger partial charge is 0.484 e. The van der Waals surface area contributed by atoms with E-state index in [9.17, 15) is 9.59 Å². The van der Waals surface area contributed by atoms with Crippen LogP contribution in [-0.4, -0.2) is 18.4 Å². The summed E-state index contributed by atoms with van der Waals surface area (Å²) in [5, 5.41) is 5.87. The van der Waals surface area contributed by atoms with Gasteiger partial charge in [-0.2, -0.15) is 0 Å². The molecular weight excluding hydrogens is 392 g/mol. The molecule has 0 aliphatic rings. The maximum Gasteiger partial charge on any atom is 0.262 e. The molecule has 0 saturated carbocycles. The van der Waals surface area contributed by atoms with Gasteiger partial charge in [0.15, 0.2) is 12.4 Å². The van der Waals surface area contributed by atoms with Gasteiger partial charge in [-0.15, -0.1) is 0 Å². The van der Waals surface area contributed by atoms with Gasteiger partial charge in [0.2, 0.25) is 5.91 Å². The zero-order valence-electron chi connectivity index (χ0n) is 15.6. The summed E-state index contributed by atoms with van der Waals surface area (Å²) in [4.78, 5) is 23.5. The van der Waals surface area contributed by atoms with Crippen LogP contribution in [0.3, 0.4) is 0 Å². The Bertz CT molecular complexity index is 1010. The number of halogens is 1. The Hall–Kier alpha value is -3.51. The predicted molar refractivity (Wildman–Crippen MR) is 113 cm³/mol. The second-order valence-electron chi connectivity index (χ2n) is 6.10. The van der Waals surface area contributed by atoms with E-state index in [1.165, 1.54) is 6.92 Å².